The summed E-state index contributed by atoms with van der Waals surface area (Å²) in [5.41, 5.74) is 7.59. The largest absolute Gasteiger partial charge is 0.373 e. The van der Waals surface area contributed by atoms with Gasteiger partial charge < -0.3 is 16.0 Å². The lowest BCUT2D eigenvalue weighted by atomic mass is 10.2. The first-order valence-electron chi connectivity index (χ1n) is 5.52. The number of anilines is 1. The fraction of sp³-hybridized carbons (Fsp3) is 0.455. The van der Waals surface area contributed by atoms with Crippen molar-refractivity contribution in [2.75, 3.05) is 12.4 Å². The van der Waals surface area contributed by atoms with Crippen molar-refractivity contribution in [2.45, 2.75) is 25.8 Å². The van der Waals surface area contributed by atoms with Crippen LogP contribution in [0.1, 0.15) is 19.2 Å². The molecule has 0 aliphatic rings. The number of nitrogens with one attached hydrogen (secondary N) is 2. The Balaban J connectivity index is 2.29. The minimum Gasteiger partial charge on any atom is -0.373 e. The number of rotatable bonds is 4. The molecule has 0 fully saturated rings. The predicted octanol–water partition coefficient (Wildman–Crippen LogP) is 1.28. The summed E-state index contributed by atoms with van der Waals surface area (Å²) in [7, 11) is 1.84. The fourth-order valence-corrected chi connectivity index (χ4v) is 1.57. The van der Waals surface area contributed by atoms with Gasteiger partial charge >= 0.3 is 0 Å². The summed E-state index contributed by atoms with van der Waals surface area (Å²) >= 11 is 0. The van der Waals surface area contributed by atoms with Gasteiger partial charge in [0.25, 0.3) is 0 Å². The van der Waals surface area contributed by atoms with Crippen LogP contribution in [-0.4, -0.2) is 28.0 Å². The zero-order valence-electron chi connectivity index (χ0n) is 9.62. The molecule has 0 amide bonds. The molecule has 2 heterocycles. The van der Waals surface area contributed by atoms with Crippen LogP contribution in [0.15, 0.2) is 12.1 Å². The van der Waals surface area contributed by atoms with Crippen molar-refractivity contribution >= 4 is 17.0 Å². The van der Waals surface area contributed by atoms with Crippen LogP contribution in [0.3, 0.4) is 0 Å². The molecule has 2 aromatic heterocycles. The maximum atomic E-state index is 5.89. The van der Waals surface area contributed by atoms with Crippen molar-refractivity contribution in [3.8, 4) is 0 Å². The first-order chi connectivity index (χ1) is 7.72. The van der Waals surface area contributed by atoms with Gasteiger partial charge in [0.15, 0.2) is 5.65 Å². The Hall–Kier alpha value is -1.62. The van der Waals surface area contributed by atoms with Crippen LogP contribution in [0.2, 0.25) is 0 Å². The Morgan fingerprint density at radius 1 is 1.44 bits per heavy atom. The van der Waals surface area contributed by atoms with Crippen molar-refractivity contribution in [3.05, 3.63) is 18.0 Å². The molecule has 1 unspecified atom stereocenters. The number of H-pyrrole nitrogens is 1. The molecule has 4 N–H and O–H groups in total. The molecule has 1 atom stereocenters. The molecule has 0 aliphatic heterocycles. The highest BCUT2D eigenvalue weighted by Gasteiger charge is 2.07. The zero-order valence-corrected chi connectivity index (χ0v) is 9.62. The van der Waals surface area contributed by atoms with Gasteiger partial charge in [-0.05, 0) is 18.6 Å². The summed E-state index contributed by atoms with van der Waals surface area (Å²) < 4.78 is 0. The number of pyridine rings is 1. The van der Waals surface area contributed by atoms with E-state index in [-0.39, 0.29) is 6.04 Å². The Bertz CT molecular complexity index is 476. The SMILES string of the molecule is CCC(N)Cc1nc2nc(NC)ccc2[nH]1. The second kappa shape index (κ2) is 4.49. The molecule has 86 valence electrons. The van der Waals surface area contributed by atoms with Crippen LogP contribution in [0.4, 0.5) is 5.82 Å². The number of imidazole rings is 1. The topological polar surface area (TPSA) is 79.6 Å². The molecule has 0 aromatic carbocycles. The lowest BCUT2D eigenvalue weighted by molar-refractivity contribution is 0.630. The highest BCUT2D eigenvalue weighted by molar-refractivity contribution is 5.72. The third-order valence-electron chi connectivity index (χ3n) is 2.63. The fourth-order valence-electron chi connectivity index (χ4n) is 1.57. The van der Waals surface area contributed by atoms with E-state index in [0.717, 1.165) is 35.6 Å². The third kappa shape index (κ3) is 2.14. The Morgan fingerprint density at radius 3 is 2.94 bits per heavy atom. The average molecular weight is 219 g/mol. The molecule has 0 bridgehead atoms. The molecular weight excluding hydrogens is 202 g/mol. The summed E-state index contributed by atoms with van der Waals surface area (Å²) in [6, 6.07) is 4.05. The molecule has 0 saturated heterocycles. The van der Waals surface area contributed by atoms with Crippen molar-refractivity contribution in [1.29, 1.82) is 0 Å². The lowest BCUT2D eigenvalue weighted by Crippen LogP contribution is -2.21. The maximum absolute atomic E-state index is 5.89. The molecule has 0 spiro atoms. The monoisotopic (exact) mass is 219 g/mol. The normalized spacial score (nSPS) is 12.9. The quantitative estimate of drug-likeness (QED) is 0.723. The van der Waals surface area contributed by atoms with Crippen molar-refractivity contribution in [2.24, 2.45) is 5.73 Å². The van der Waals surface area contributed by atoms with Crippen LogP contribution in [0.5, 0.6) is 0 Å². The van der Waals surface area contributed by atoms with Crippen molar-refractivity contribution in [1.82, 2.24) is 15.0 Å². The van der Waals surface area contributed by atoms with Crippen LogP contribution in [-0.2, 0) is 6.42 Å². The van der Waals surface area contributed by atoms with E-state index in [2.05, 4.69) is 27.2 Å². The van der Waals surface area contributed by atoms with Crippen LogP contribution < -0.4 is 11.1 Å². The molecule has 5 heteroatoms. The molecule has 0 radical (unpaired) electrons. The van der Waals surface area contributed by atoms with E-state index < -0.39 is 0 Å². The number of hydrogen-bond acceptors (Lipinski definition) is 4. The van der Waals surface area contributed by atoms with Gasteiger partial charge in [0.2, 0.25) is 0 Å². The third-order valence-corrected chi connectivity index (χ3v) is 2.63. The average Bonchev–Trinajstić information content (AvgIpc) is 2.69. The first kappa shape index (κ1) is 10.9. The summed E-state index contributed by atoms with van der Waals surface area (Å²) in [5.74, 6) is 1.73. The standard InChI is InChI=1S/C11H17N5/c1-3-7(12)6-10-14-8-4-5-9(13-2)15-11(8)16-10/h4-5,7H,3,6,12H2,1-2H3,(H2,13,14,15,16). The molecule has 0 aliphatic carbocycles. The number of nitrogens with zero attached hydrogens (tertiary/aromatic N) is 2. The van der Waals surface area contributed by atoms with Crippen LogP contribution in [0, 0.1) is 0 Å². The van der Waals surface area contributed by atoms with Gasteiger partial charge in [0.1, 0.15) is 11.6 Å². The number of fused-ring (bicyclic) bond motifs is 1. The summed E-state index contributed by atoms with van der Waals surface area (Å²) in [6.07, 6.45) is 1.72. The maximum Gasteiger partial charge on any atom is 0.179 e. The minimum atomic E-state index is 0.157. The number of aromatic amines is 1. The smallest absolute Gasteiger partial charge is 0.179 e. The van der Waals surface area contributed by atoms with E-state index in [9.17, 15) is 0 Å². The van der Waals surface area contributed by atoms with E-state index in [1.54, 1.807) is 0 Å². The molecule has 0 saturated carbocycles. The van der Waals surface area contributed by atoms with Crippen LogP contribution in [0.25, 0.3) is 11.2 Å². The van der Waals surface area contributed by atoms with E-state index in [1.165, 1.54) is 0 Å². The Labute approximate surface area is 94.5 Å². The lowest BCUT2D eigenvalue weighted by Gasteiger charge is -2.04. The van der Waals surface area contributed by atoms with Gasteiger partial charge in [0.05, 0.1) is 5.52 Å². The van der Waals surface area contributed by atoms with E-state index in [1.807, 2.05) is 19.2 Å². The second-order valence-electron chi connectivity index (χ2n) is 3.87. The molecular formula is C11H17N5. The highest BCUT2D eigenvalue weighted by atomic mass is 15.0. The van der Waals surface area contributed by atoms with E-state index in [0.29, 0.717) is 0 Å². The second-order valence-corrected chi connectivity index (χ2v) is 3.87. The number of aromatic nitrogens is 3. The molecule has 2 rings (SSSR count). The van der Waals surface area contributed by atoms with Gasteiger partial charge in [-0.3, -0.25) is 0 Å². The Kier molecular flexibility index (Phi) is 3.05. The minimum absolute atomic E-state index is 0.157. The molecule has 2 aromatic rings. The zero-order chi connectivity index (χ0) is 11.5. The Morgan fingerprint density at radius 2 is 2.25 bits per heavy atom. The molecule has 16 heavy (non-hydrogen) atoms. The van der Waals surface area contributed by atoms with Gasteiger partial charge in [-0.1, -0.05) is 6.92 Å². The highest BCUT2D eigenvalue weighted by Crippen LogP contribution is 2.13. The summed E-state index contributed by atoms with van der Waals surface area (Å²) in [4.78, 5) is 12.0. The van der Waals surface area contributed by atoms with Crippen molar-refractivity contribution in [3.63, 3.8) is 0 Å². The van der Waals surface area contributed by atoms with E-state index >= 15 is 0 Å². The molecule has 5 nitrogen and oxygen atoms in total. The van der Waals surface area contributed by atoms with Gasteiger partial charge in [0, 0.05) is 19.5 Å². The van der Waals surface area contributed by atoms with Crippen molar-refractivity contribution < 1.29 is 0 Å². The number of nitrogens with two attached hydrogens (primary N) is 1. The van der Waals surface area contributed by atoms with Crippen LogP contribution >= 0.6 is 0 Å². The predicted molar refractivity (Wildman–Crippen MR) is 65.4 cm³/mol. The van der Waals surface area contributed by atoms with Gasteiger partial charge in [-0.25, -0.2) is 9.97 Å². The van der Waals surface area contributed by atoms with Gasteiger partial charge in [-0.2, -0.15) is 0 Å². The number of hydrogen-bond donors (Lipinski definition) is 3. The first-order valence-corrected chi connectivity index (χ1v) is 5.52. The summed E-state index contributed by atoms with van der Waals surface area (Å²) in [6.45, 7) is 2.07. The summed E-state index contributed by atoms with van der Waals surface area (Å²) in [5, 5.41) is 2.99. The van der Waals surface area contributed by atoms with Gasteiger partial charge in [-0.15, -0.1) is 0 Å². The van der Waals surface area contributed by atoms with E-state index in [4.69, 9.17) is 5.73 Å².